The SMILES string of the molecule is Cc1cc(O)ccc1NC(=O)/C(C#N)=C\Nc1ccc(S(=O)(=O)O)cc1. The van der Waals surface area contributed by atoms with Crippen molar-refractivity contribution < 1.29 is 22.9 Å². The zero-order valence-corrected chi connectivity index (χ0v) is 14.4. The molecule has 0 unspecified atom stereocenters. The van der Waals surface area contributed by atoms with Crippen molar-refractivity contribution in [2.24, 2.45) is 0 Å². The van der Waals surface area contributed by atoms with Gasteiger partial charge in [0.2, 0.25) is 0 Å². The van der Waals surface area contributed by atoms with Crippen LogP contribution in [0.25, 0.3) is 0 Å². The van der Waals surface area contributed by atoms with Gasteiger partial charge in [-0.05, 0) is 55.0 Å². The van der Waals surface area contributed by atoms with Gasteiger partial charge in [-0.1, -0.05) is 0 Å². The Morgan fingerprint density at radius 2 is 1.85 bits per heavy atom. The number of aromatic hydroxyl groups is 1. The van der Waals surface area contributed by atoms with Gasteiger partial charge in [0, 0.05) is 17.6 Å². The second-order valence-corrected chi connectivity index (χ2v) is 6.69. The fraction of sp³-hybridized carbons (Fsp3) is 0.0588. The average molecular weight is 373 g/mol. The monoisotopic (exact) mass is 373 g/mol. The van der Waals surface area contributed by atoms with Crippen LogP contribution >= 0.6 is 0 Å². The van der Waals surface area contributed by atoms with E-state index >= 15 is 0 Å². The number of phenols is 1. The van der Waals surface area contributed by atoms with Crippen LogP contribution in [0.1, 0.15) is 5.56 Å². The van der Waals surface area contributed by atoms with Crippen LogP contribution in [0.2, 0.25) is 0 Å². The second kappa shape index (κ2) is 7.69. The lowest BCUT2D eigenvalue weighted by Gasteiger charge is -2.08. The number of carbonyl (C=O) groups excluding carboxylic acids is 1. The molecule has 0 atom stereocenters. The fourth-order valence-electron chi connectivity index (χ4n) is 2.00. The van der Waals surface area contributed by atoms with E-state index in [1.54, 1.807) is 13.0 Å². The quantitative estimate of drug-likeness (QED) is 0.273. The predicted octanol–water partition coefficient (Wildman–Crippen LogP) is 2.41. The number of amides is 1. The molecule has 4 N–H and O–H groups in total. The molecule has 2 aromatic carbocycles. The van der Waals surface area contributed by atoms with Gasteiger partial charge in [0.15, 0.2) is 0 Å². The molecule has 2 aromatic rings. The van der Waals surface area contributed by atoms with Crippen LogP contribution in [0.15, 0.2) is 59.1 Å². The van der Waals surface area contributed by atoms with E-state index in [1.807, 2.05) is 0 Å². The third-order valence-corrected chi connectivity index (χ3v) is 4.23. The van der Waals surface area contributed by atoms with E-state index in [0.717, 1.165) is 0 Å². The van der Waals surface area contributed by atoms with Crippen LogP contribution in [0, 0.1) is 18.3 Å². The van der Waals surface area contributed by atoms with Crippen LogP contribution in [0.4, 0.5) is 11.4 Å². The maximum atomic E-state index is 12.2. The van der Waals surface area contributed by atoms with Crippen molar-refractivity contribution in [3.05, 3.63) is 59.8 Å². The summed E-state index contributed by atoms with van der Waals surface area (Å²) in [5, 5.41) is 23.8. The Hall–Kier alpha value is -3.35. The van der Waals surface area contributed by atoms with Crippen molar-refractivity contribution in [1.29, 1.82) is 5.26 Å². The minimum absolute atomic E-state index is 0.0616. The summed E-state index contributed by atoms with van der Waals surface area (Å²) in [6, 6.07) is 11.3. The Labute approximate surface area is 150 Å². The summed E-state index contributed by atoms with van der Waals surface area (Å²) in [4.78, 5) is 11.9. The van der Waals surface area contributed by atoms with Crippen molar-refractivity contribution in [2.75, 3.05) is 10.6 Å². The van der Waals surface area contributed by atoms with Crippen molar-refractivity contribution in [1.82, 2.24) is 0 Å². The third kappa shape index (κ3) is 4.83. The normalized spacial score (nSPS) is 11.5. The van der Waals surface area contributed by atoms with E-state index in [4.69, 9.17) is 9.81 Å². The van der Waals surface area contributed by atoms with Crippen molar-refractivity contribution in [3.63, 3.8) is 0 Å². The van der Waals surface area contributed by atoms with Gasteiger partial charge in [-0.15, -0.1) is 0 Å². The van der Waals surface area contributed by atoms with Crippen LogP contribution in [0.5, 0.6) is 5.75 Å². The van der Waals surface area contributed by atoms with Crippen LogP contribution in [-0.4, -0.2) is 24.0 Å². The maximum absolute atomic E-state index is 12.2. The first-order chi connectivity index (χ1) is 12.2. The number of aryl methyl sites for hydroxylation is 1. The molecule has 1 amide bonds. The summed E-state index contributed by atoms with van der Waals surface area (Å²) in [5.41, 5.74) is 1.28. The Morgan fingerprint density at radius 1 is 1.19 bits per heavy atom. The van der Waals surface area contributed by atoms with E-state index < -0.39 is 16.0 Å². The van der Waals surface area contributed by atoms with Crippen LogP contribution in [-0.2, 0) is 14.9 Å². The van der Waals surface area contributed by atoms with Gasteiger partial charge in [-0.2, -0.15) is 13.7 Å². The molecular formula is C17H15N3O5S. The van der Waals surface area contributed by atoms with E-state index in [2.05, 4.69) is 10.6 Å². The molecule has 0 radical (unpaired) electrons. The largest absolute Gasteiger partial charge is 0.508 e. The molecule has 2 rings (SSSR count). The van der Waals surface area contributed by atoms with Gasteiger partial charge in [0.25, 0.3) is 16.0 Å². The number of anilines is 2. The Morgan fingerprint density at radius 3 is 2.38 bits per heavy atom. The van der Waals surface area contributed by atoms with Crippen LogP contribution < -0.4 is 10.6 Å². The molecular weight excluding hydrogens is 358 g/mol. The number of nitriles is 1. The molecule has 0 heterocycles. The number of phenolic OH excluding ortho intramolecular Hbond substituents is 1. The predicted molar refractivity (Wildman–Crippen MR) is 95.0 cm³/mol. The summed E-state index contributed by atoms with van der Waals surface area (Å²) in [7, 11) is -4.29. The number of rotatable bonds is 5. The van der Waals surface area contributed by atoms with Crippen molar-refractivity contribution in [2.45, 2.75) is 11.8 Å². The first-order valence-electron chi connectivity index (χ1n) is 7.26. The number of nitrogens with zero attached hydrogens (tertiary/aromatic N) is 1. The topological polar surface area (TPSA) is 140 Å². The molecule has 9 heteroatoms. The number of hydrogen-bond acceptors (Lipinski definition) is 6. The molecule has 0 saturated heterocycles. The lowest BCUT2D eigenvalue weighted by Crippen LogP contribution is -2.15. The molecule has 134 valence electrons. The zero-order chi connectivity index (χ0) is 19.3. The molecule has 0 spiro atoms. The molecule has 26 heavy (non-hydrogen) atoms. The molecule has 0 aliphatic carbocycles. The smallest absolute Gasteiger partial charge is 0.294 e. The summed E-state index contributed by atoms with van der Waals surface area (Å²) in [5.74, 6) is -0.588. The highest BCUT2D eigenvalue weighted by Gasteiger charge is 2.11. The summed E-state index contributed by atoms with van der Waals surface area (Å²) >= 11 is 0. The standard InChI is InChI=1S/C17H15N3O5S/c1-11-8-14(21)4-7-16(11)20-17(22)12(9-18)10-19-13-2-5-15(6-3-13)26(23,24)25/h2-8,10,19,21H,1H3,(H,20,22)(H,23,24,25)/b12-10-. The van der Waals surface area contributed by atoms with E-state index in [9.17, 15) is 18.3 Å². The van der Waals surface area contributed by atoms with Gasteiger partial charge >= 0.3 is 0 Å². The van der Waals surface area contributed by atoms with E-state index in [-0.39, 0.29) is 16.2 Å². The third-order valence-electron chi connectivity index (χ3n) is 3.36. The number of hydrogen-bond donors (Lipinski definition) is 4. The van der Waals surface area contributed by atoms with Crippen molar-refractivity contribution >= 4 is 27.4 Å². The second-order valence-electron chi connectivity index (χ2n) is 5.27. The summed E-state index contributed by atoms with van der Waals surface area (Å²) < 4.78 is 30.9. The molecule has 0 saturated carbocycles. The number of nitrogens with one attached hydrogen (secondary N) is 2. The van der Waals surface area contributed by atoms with E-state index in [1.165, 1.54) is 48.7 Å². The molecule has 8 nitrogen and oxygen atoms in total. The number of benzene rings is 2. The molecule has 0 bridgehead atoms. The minimum atomic E-state index is -4.29. The van der Waals surface area contributed by atoms with Crippen molar-refractivity contribution in [3.8, 4) is 11.8 Å². The first-order valence-corrected chi connectivity index (χ1v) is 8.70. The van der Waals surface area contributed by atoms with Gasteiger partial charge < -0.3 is 15.7 Å². The lowest BCUT2D eigenvalue weighted by molar-refractivity contribution is -0.112. The summed E-state index contributed by atoms with van der Waals surface area (Å²) in [6.45, 7) is 1.69. The zero-order valence-electron chi connectivity index (χ0n) is 13.6. The Kier molecular flexibility index (Phi) is 5.61. The Balaban J connectivity index is 2.12. The van der Waals surface area contributed by atoms with E-state index in [0.29, 0.717) is 16.9 Å². The first kappa shape index (κ1) is 19.0. The highest BCUT2D eigenvalue weighted by molar-refractivity contribution is 7.85. The van der Waals surface area contributed by atoms with Gasteiger partial charge in [0.1, 0.15) is 17.4 Å². The molecule has 0 aromatic heterocycles. The lowest BCUT2D eigenvalue weighted by atomic mass is 10.2. The summed E-state index contributed by atoms with van der Waals surface area (Å²) in [6.07, 6.45) is 1.17. The highest BCUT2D eigenvalue weighted by atomic mass is 32.2. The number of carbonyl (C=O) groups is 1. The van der Waals surface area contributed by atoms with Gasteiger partial charge in [-0.3, -0.25) is 9.35 Å². The Bertz CT molecular complexity index is 1010. The maximum Gasteiger partial charge on any atom is 0.294 e. The fourth-order valence-corrected chi connectivity index (χ4v) is 2.48. The molecule has 0 aliphatic rings. The highest BCUT2D eigenvalue weighted by Crippen LogP contribution is 2.20. The van der Waals surface area contributed by atoms with Gasteiger partial charge in [-0.25, -0.2) is 0 Å². The average Bonchev–Trinajstić information content (AvgIpc) is 2.57. The van der Waals surface area contributed by atoms with Gasteiger partial charge in [0.05, 0.1) is 4.90 Å². The minimum Gasteiger partial charge on any atom is -0.508 e. The van der Waals surface area contributed by atoms with Crippen LogP contribution in [0.3, 0.4) is 0 Å². The molecule has 0 aliphatic heterocycles. The molecule has 0 fully saturated rings.